The van der Waals surface area contributed by atoms with Crippen molar-refractivity contribution in [1.82, 2.24) is 10.6 Å². The molecule has 0 aliphatic carbocycles. The smallest absolute Gasteiger partial charge is 0.318 e. The summed E-state index contributed by atoms with van der Waals surface area (Å²) in [5, 5.41) is 3.64. The van der Waals surface area contributed by atoms with Crippen molar-refractivity contribution in [2.75, 3.05) is 5.75 Å². The number of carbonyl (C=O) groups excluding carboxylic acids is 2. The minimum atomic E-state index is -3.15. The van der Waals surface area contributed by atoms with Gasteiger partial charge in [0, 0.05) is 4.90 Å². The van der Waals surface area contributed by atoms with Crippen molar-refractivity contribution in [1.29, 1.82) is 0 Å². The molecule has 1 unspecified atom stereocenters. The maximum atomic E-state index is 13.1. The average Bonchev–Trinajstić information content (AvgIpc) is 2.65. The van der Waals surface area contributed by atoms with E-state index in [2.05, 4.69) is 0 Å². The van der Waals surface area contributed by atoms with E-state index in [-0.39, 0.29) is 0 Å². The van der Waals surface area contributed by atoms with E-state index in [1.54, 1.807) is 29.6 Å². The standard InChI is InChI=1S/C12H12F2N2O3S/c1-7-2-4-8(5-3-7)20(19)6-12(9(13)14)10(17)15-11(18)16-12/h2-5,9H,6H2,1H3,(H2,15,16,17,18)/t12-,20?/m0/s1. The summed E-state index contributed by atoms with van der Waals surface area (Å²) in [6.45, 7) is 1.83. The molecule has 1 saturated heterocycles. The van der Waals surface area contributed by atoms with E-state index in [1.807, 2.05) is 12.2 Å². The topological polar surface area (TPSA) is 75.3 Å². The number of benzene rings is 1. The number of aryl methyl sites for hydroxylation is 1. The van der Waals surface area contributed by atoms with E-state index >= 15 is 0 Å². The van der Waals surface area contributed by atoms with Gasteiger partial charge in [-0.15, -0.1) is 0 Å². The minimum Gasteiger partial charge on any atom is -0.318 e. The van der Waals surface area contributed by atoms with Gasteiger partial charge in [0.1, 0.15) is 0 Å². The lowest BCUT2D eigenvalue weighted by Gasteiger charge is -2.24. The molecule has 1 heterocycles. The van der Waals surface area contributed by atoms with Crippen LogP contribution in [0, 0.1) is 6.92 Å². The van der Waals surface area contributed by atoms with Crippen LogP contribution in [0.15, 0.2) is 29.2 Å². The Kier molecular flexibility index (Phi) is 3.85. The quantitative estimate of drug-likeness (QED) is 0.813. The predicted molar refractivity (Wildman–Crippen MR) is 67.9 cm³/mol. The Hall–Kier alpha value is -1.83. The number of nitrogens with one attached hydrogen (secondary N) is 2. The molecule has 0 aromatic heterocycles. The van der Waals surface area contributed by atoms with Crippen LogP contribution in [0.2, 0.25) is 0 Å². The monoisotopic (exact) mass is 302 g/mol. The molecule has 0 bridgehead atoms. The molecular formula is C12H12F2N2O3S. The molecule has 5 nitrogen and oxygen atoms in total. The second-order valence-corrected chi connectivity index (χ2v) is 5.93. The third kappa shape index (κ3) is 2.55. The van der Waals surface area contributed by atoms with Crippen LogP contribution in [0.25, 0.3) is 0 Å². The highest BCUT2D eigenvalue weighted by atomic mass is 32.2. The van der Waals surface area contributed by atoms with Gasteiger partial charge in [0.2, 0.25) is 0 Å². The number of imide groups is 1. The molecule has 2 atom stereocenters. The maximum Gasteiger partial charge on any atom is 0.322 e. The van der Waals surface area contributed by atoms with E-state index in [0.717, 1.165) is 5.56 Å². The van der Waals surface area contributed by atoms with Gasteiger partial charge >= 0.3 is 6.03 Å². The van der Waals surface area contributed by atoms with Crippen LogP contribution in [-0.4, -0.2) is 33.9 Å². The van der Waals surface area contributed by atoms with Crippen LogP contribution in [0.5, 0.6) is 0 Å². The molecule has 0 saturated carbocycles. The number of amides is 3. The molecule has 1 aliphatic rings. The number of hydrogen-bond acceptors (Lipinski definition) is 3. The first-order valence-corrected chi connectivity index (χ1v) is 7.04. The van der Waals surface area contributed by atoms with Crippen LogP contribution in [0.3, 0.4) is 0 Å². The van der Waals surface area contributed by atoms with E-state index in [4.69, 9.17) is 0 Å². The second-order valence-electron chi connectivity index (χ2n) is 4.48. The van der Waals surface area contributed by atoms with Crippen molar-refractivity contribution < 1.29 is 22.6 Å². The van der Waals surface area contributed by atoms with Gasteiger partial charge in [0.05, 0.1) is 16.6 Å². The maximum absolute atomic E-state index is 13.1. The summed E-state index contributed by atoms with van der Waals surface area (Å²) >= 11 is 0. The molecule has 3 amide bonds. The van der Waals surface area contributed by atoms with E-state index in [9.17, 15) is 22.6 Å². The molecule has 1 aromatic rings. The Bertz CT molecular complexity index is 577. The van der Waals surface area contributed by atoms with Crippen molar-refractivity contribution in [3.8, 4) is 0 Å². The molecule has 0 spiro atoms. The normalized spacial score (nSPS) is 23.6. The lowest BCUT2D eigenvalue weighted by molar-refractivity contribution is -0.128. The van der Waals surface area contributed by atoms with Gasteiger partial charge in [-0.3, -0.25) is 14.3 Å². The molecule has 1 aromatic carbocycles. The number of hydrogen-bond donors (Lipinski definition) is 2. The zero-order chi connectivity index (χ0) is 14.9. The SMILES string of the molecule is Cc1ccc(S(=O)C[C@@]2(C(F)F)NC(=O)NC2=O)cc1. The molecule has 2 rings (SSSR count). The minimum absolute atomic E-state index is 0.324. The first kappa shape index (κ1) is 14.6. The lowest BCUT2D eigenvalue weighted by Crippen LogP contribution is -2.57. The predicted octanol–water partition coefficient (Wildman–Crippen LogP) is 0.946. The highest BCUT2D eigenvalue weighted by Gasteiger charge is 2.54. The van der Waals surface area contributed by atoms with Gasteiger partial charge in [0.25, 0.3) is 12.3 Å². The molecule has 20 heavy (non-hydrogen) atoms. The van der Waals surface area contributed by atoms with Gasteiger partial charge in [-0.25, -0.2) is 13.6 Å². The summed E-state index contributed by atoms with van der Waals surface area (Å²) in [5.74, 6) is -1.83. The summed E-state index contributed by atoms with van der Waals surface area (Å²) in [6.07, 6.45) is -3.15. The third-order valence-electron chi connectivity index (χ3n) is 2.98. The first-order valence-electron chi connectivity index (χ1n) is 5.72. The number of carbonyl (C=O) groups is 2. The van der Waals surface area contributed by atoms with Gasteiger partial charge in [0.15, 0.2) is 5.54 Å². The van der Waals surface area contributed by atoms with Crippen molar-refractivity contribution in [2.45, 2.75) is 23.8 Å². The van der Waals surface area contributed by atoms with Gasteiger partial charge < -0.3 is 5.32 Å². The van der Waals surface area contributed by atoms with Crippen LogP contribution in [0.1, 0.15) is 5.56 Å². The molecule has 108 valence electrons. The van der Waals surface area contributed by atoms with E-state index in [0.29, 0.717) is 4.90 Å². The van der Waals surface area contributed by atoms with Crippen molar-refractivity contribution >= 4 is 22.7 Å². The summed E-state index contributed by atoms with van der Waals surface area (Å²) in [7, 11) is -1.83. The summed E-state index contributed by atoms with van der Waals surface area (Å²) in [6, 6.07) is 5.46. The number of halogens is 2. The van der Waals surface area contributed by atoms with Crippen LogP contribution in [-0.2, 0) is 15.6 Å². The molecule has 2 N–H and O–H groups in total. The largest absolute Gasteiger partial charge is 0.322 e. The Morgan fingerprint density at radius 3 is 2.30 bits per heavy atom. The Morgan fingerprint density at radius 2 is 1.85 bits per heavy atom. The zero-order valence-corrected chi connectivity index (χ0v) is 11.3. The van der Waals surface area contributed by atoms with Gasteiger partial charge in [-0.2, -0.15) is 0 Å². The number of urea groups is 1. The van der Waals surface area contributed by atoms with Gasteiger partial charge in [-0.05, 0) is 19.1 Å². The second kappa shape index (κ2) is 5.28. The number of rotatable bonds is 4. The third-order valence-corrected chi connectivity index (χ3v) is 4.50. The summed E-state index contributed by atoms with van der Waals surface area (Å²) < 4.78 is 38.4. The van der Waals surface area contributed by atoms with Crippen LogP contribution in [0.4, 0.5) is 13.6 Å². The Balaban J connectivity index is 2.25. The highest BCUT2D eigenvalue weighted by molar-refractivity contribution is 7.85. The molecule has 8 heteroatoms. The Labute approximate surface area is 116 Å². The van der Waals surface area contributed by atoms with Gasteiger partial charge in [-0.1, -0.05) is 17.7 Å². The van der Waals surface area contributed by atoms with E-state index in [1.165, 1.54) is 0 Å². The summed E-state index contributed by atoms with van der Waals surface area (Å²) in [4.78, 5) is 22.9. The van der Waals surface area contributed by atoms with E-state index < -0.39 is 40.5 Å². The van der Waals surface area contributed by atoms with Crippen molar-refractivity contribution in [3.05, 3.63) is 29.8 Å². The fourth-order valence-electron chi connectivity index (χ4n) is 1.80. The van der Waals surface area contributed by atoms with Crippen LogP contribution < -0.4 is 10.6 Å². The molecule has 1 fully saturated rings. The Morgan fingerprint density at radius 1 is 1.25 bits per heavy atom. The molecular weight excluding hydrogens is 290 g/mol. The zero-order valence-electron chi connectivity index (χ0n) is 10.5. The average molecular weight is 302 g/mol. The molecule has 1 aliphatic heterocycles. The first-order chi connectivity index (χ1) is 9.35. The fourth-order valence-corrected chi connectivity index (χ4v) is 3.15. The van der Waals surface area contributed by atoms with Crippen molar-refractivity contribution in [3.63, 3.8) is 0 Å². The van der Waals surface area contributed by atoms with Crippen molar-refractivity contribution in [2.24, 2.45) is 0 Å². The fraction of sp³-hybridized carbons (Fsp3) is 0.333. The molecule has 0 radical (unpaired) electrons. The van der Waals surface area contributed by atoms with Crippen LogP contribution >= 0.6 is 0 Å². The number of alkyl halides is 2. The highest BCUT2D eigenvalue weighted by Crippen LogP contribution is 2.23. The lowest BCUT2D eigenvalue weighted by atomic mass is 10.0. The summed E-state index contributed by atoms with van der Waals surface area (Å²) in [5.41, 5.74) is -1.51.